The molecule has 2 rings (SSSR count). The molecule has 0 unspecified atom stereocenters. The maximum Gasteiger partial charge on any atom is 0.343 e. The van der Waals surface area contributed by atoms with Gasteiger partial charge in [-0.25, -0.2) is 4.79 Å². The van der Waals surface area contributed by atoms with Crippen molar-refractivity contribution in [3.63, 3.8) is 0 Å². The van der Waals surface area contributed by atoms with E-state index in [2.05, 4.69) is 6.58 Å². The Bertz CT molecular complexity index is 600. The van der Waals surface area contributed by atoms with Gasteiger partial charge < -0.3 is 15.6 Å². The van der Waals surface area contributed by atoms with E-state index in [-0.39, 0.29) is 11.3 Å². The van der Waals surface area contributed by atoms with Crippen molar-refractivity contribution in [2.24, 2.45) is 0 Å². The first kappa shape index (κ1) is 12.7. The minimum atomic E-state index is -0.546. The van der Waals surface area contributed by atoms with Gasteiger partial charge in [-0.2, -0.15) is 0 Å². The molecule has 0 aliphatic rings. The van der Waals surface area contributed by atoms with Gasteiger partial charge in [-0.1, -0.05) is 18.7 Å². The van der Waals surface area contributed by atoms with Gasteiger partial charge in [-0.15, -0.1) is 0 Å². The molecule has 96 valence electrons. The number of hydrogen-bond donors (Lipinski definition) is 2. The molecule has 4 heteroatoms. The number of phenolic OH excluding ortho intramolecular Hbond substituents is 1. The van der Waals surface area contributed by atoms with Crippen molar-refractivity contribution in [3.8, 4) is 11.5 Å². The fourth-order valence-corrected chi connectivity index (χ4v) is 1.48. The predicted molar refractivity (Wildman–Crippen MR) is 73.6 cm³/mol. The fourth-order valence-electron chi connectivity index (χ4n) is 1.48. The van der Waals surface area contributed by atoms with Crippen LogP contribution in [0.5, 0.6) is 11.5 Å². The van der Waals surface area contributed by atoms with Crippen LogP contribution in [0.25, 0.3) is 5.57 Å². The average Bonchev–Trinajstić information content (AvgIpc) is 2.41. The van der Waals surface area contributed by atoms with Crippen LogP contribution in [-0.4, -0.2) is 11.1 Å². The van der Waals surface area contributed by atoms with E-state index in [0.29, 0.717) is 17.0 Å². The van der Waals surface area contributed by atoms with Crippen molar-refractivity contribution >= 4 is 17.2 Å². The third kappa shape index (κ3) is 3.13. The zero-order chi connectivity index (χ0) is 13.8. The number of phenols is 1. The molecule has 3 N–H and O–H groups in total. The molecule has 0 aliphatic carbocycles. The Hall–Kier alpha value is -2.75. The van der Waals surface area contributed by atoms with Crippen molar-refractivity contribution < 1.29 is 14.6 Å². The number of nitrogen functional groups attached to an aromatic ring is 1. The van der Waals surface area contributed by atoms with Gasteiger partial charge in [0.2, 0.25) is 0 Å². The van der Waals surface area contributed by atoms with E-state index in [9.17, 15) is 4.79 Å². The molecule has 2 aromatic rings. The van der Waals surface area contributed by atoms with E-state index >= 15 is 0 Å². The summed E-state index contributed by atoms with van der Waals surface area (Å²) in [4.78, 5) is 11.9. The number of aromatic hydroxyl groups is 1. The molecular weight excluding hydrogens is 242 g/mol. The first-order valence-corrected chi connectivity index (χ1v) is 5.62. The Balaban J connectivity index is 2.09. The topological polar surface area (TPSA) is 72.5 Å². The highest BCUT2D eigenvalue weighted by Crippen LogP contribution is 2.20. The van der Waals surface area contributed by atoms with Gasteiger partial charge in [-0.05, 0) is 42.0 Å². The van der Waals surface area contributed by atoms with E-state index in [1.807, 2.05) is 0 Å². The van der Waals surface area contributed by atoms with Gasteiger partial charge in [0.25, 0.3) is 0 Å². The fraction of sp³-hybridized carbons (Fsp3) is 0. The Morgan fingerprint density at radius 2 is 1.63 bits per heavy atom. The molecule has 0 bridgehead atoms. The van der Waals surface area contributed by atoms with Crippen LogP contribution in [0, 0.1) is 0 Å². The molecule has 0 atom stereocenters. The Labute approximate surface area is 110 Å². The summed E-state index contributed by atoms with van der Waals surface area (Å²) in [6.45, 7) is 3.70. The highest BCUT2D eigenvalue weighted by atomic mass is 16.5. The van der Waals surface area contributed by atoms with E-state index in [4.69, 9.17) is 15.6 Å². The second-order valence-corrected chi connectivity index (χ2v) is 3.98. The van der Waals surface area contributed by atoms with Gasteiger partial charge in [0.05, 0.1) is 5.57 Å². The summed E-state index contributed by atoms with van der Waals surface area (Å²) in [5.74, 6) is -0.0907. The van der Waals surface area contributed by atoms with Gasteiger partial charge in [0.1, 0.15) is 11.5 Å². The summed E-state index contributed by atoms with van der Waals surface area (Å²) in [7, 11) is 0. The van der Waals surface area contributed by atoms with Crippen molar-refractivity contribution in [1.29, 1.82) is 0 Å². The van der Waals surface area contributed by atoms with Crippen LogP contribution >= 0.6 is 0 Å². The maximum atomic E-state index is 11.9. The molecule has 0 saturated carbocycles. The van der Waals surface area contributed by atoms with Gasteiger partial charge in [-0.3, -0.25) is 0 Å². The summed E-state index contributed by atoms with van der Waals surface area (Å²) in [6, 6.07) is 12.7. The average molecular weight is 255 g/mol. The number of ether oxygens (including phenoxy) is 1. The highest BCUT2D eigenvalue weighted by molar-refractivity contribution is 6.16. The van der Waals surface area contributed by atoms with Crippen molar-refractivity contribution in [2.45, 2.75) is 0 Å². The zero-order valence-electron chi connectivity index (χ0n) is 10.2. The minimum Gasteiger partial charge on any atom is -0.508 e. The lowest BCUT2D eigenvalue weighted by Crippen LogP contribution is -2.09. The molecule has 19 heavy (non-hydrogen) atoms. The van der Waals surface area contributed by atoms with E-state index in [0.717, 1.165) is 0 Å². The van der Waals surface area contributed by atoms with Crippen LogP contribution < -0.4 is 10.5 Å². The molecule has 0 amide bonds. The second-order valence-electron chi connectivity index (χ2n) is 3.98. The molecule has 0 radical (unpaired) electrons. The first-order chi connectivity index (χ1) is 9.06. The minimum absolute atomic E-state index is 0.108. The molecule has 0 aliphatic heterocycles. The van der Waals surface area contributed by atoms with E-state index < -0.39 is 5.97 Å². The Morgan fingerprint density at radius 1 is 1.05 bits per heavy atom. The summed E-state index contributed by atoms with van der Waals surface area (Å²) < 4.78 is 5.13. The standard InChI is InChI=1S/C15H13NO3/c1-10(11-2-4-12(16)5-3-11)15(18)19-14-8-6-13(17)7-9-14/h2-9,17H,1,16H2. The maximum absolute atomic E-state index is 11.9. The number of hydrogen-bond acceptors (Lipinski definition) is 4. The smallest absolute Gasteiger partial charge is 0.343 e. The molecule has 0 fully saturated rings. The second kappa shape index (κ2) is 5.27. The lowest BCUT2D eigenvalue weighted by atomic mass is 10.1. The van der Waals surface area contributed by atoms with Gasteiger partial charge in [0, 0.05) is 5.69 Å². The van der Waals surface area contributed by atoms with Crippen molar-refractivity contribution in [1.82, 2.24) is 0 Å². The molecule has 4 nitrogen and oxygen atoms in total. The lowest BCUT2D eigenvalue weighted by Gasteiger charge is -2.07. The SMILES string of the molecule is C=C(C(=O)Oc1ccc(O)cc1)c1ccc(N)cc1. The van der Waals surface area contributed by atoms with Crippen LogP contribution in [0.15, 0.2) is 55.1 Å². The number of nitrogens with two attached hydrogens (primary N) is 1. The van der Waals surface area contributed by atoms with Crippen molar-refractivity contribution in [2.75, 3.05) is 5.73 Å². The predicted octanol–water partition coefficient (Wildman–Crippen LogP) is 2.59. The number of benzene rings is 2. The van der Waals surface area contributed by atoms with Crippen molar-refractivity contribution in [3.05, 3.63) is 60.7 Å². The number of anilines is 1. The van der Waals surface area contributed by atoms with Crippen LogP contribution in [0.3, 0.4) is 0 Å². The Morgan fingerprint density at radius 3 is 2.21 bits per heavy atom. The molecular formula is C15H13NO3. The third-order valence-electron chi connectivity index (χ3n) is 2.55. The monoisotopic (exact) mass is 255 g/mol. The Kier molecular flexibility index (Phi) is 3.52. The number of carbonyl (C=O) groups excluding carboxylic acids is 1. The molecule has 2 aromatic carbocycles. The molecule has 0 saturated heterocycles. The third-order valence-corrected chi connectivity index (χ3v) is 2.55. The molecule has 0 spiro atoms. The number of esters is 1. The lowest BCUT2D eigenvalue weighted by molar-refractivity contribution is -0.127. The normalized spacial score (nSPS) is 9.89. The number of carbonyl (C=O) groups is 1. The van der Waals surface area contributed by atoms with Crippen LogP contribution in [0.1, 0.15) is 5.56 Å². The molecule has 0 aromatic heterocycles. The summed E-state index contributed by atoms with van der Waals surface area (Å²) in [5, 5.41) is 9.13. The quantitative estimate of drug-likeness (QED) is 0.382. The van der Waals surface area contributed by atoms with Crippen LogP contribution in [0.2, 0.25) is 0 Å². The first-order valence-electron chi connectivity index (χ1n) is 5.62. The van der Waals surface area contributed by atoms with E-state index in [1.54, 1.807) is 24.3 Å². The van der Waals surface area contributed by atoms with Crippen LogP contribution in [-0.2, 0) is 4.79 Å². The zero-order valence-corrected chi connectivity index (χ0v) is 10.2. The van der Waals surface area contributed by atoms with E-state index in [1.165, 1.54) is 24.3 Å². The van der Waals surface area contributed by atoms with Gasteiger partial charge in [0.15, 0.2) is 0 Å². The molecule has 0 heterocycles. The largest absolute Gasteiger partial charge is 0.508 e. The summed E-state index contributed by atoms with van der Waals surface area (Å²) >= 11 is 0. The highest BCUT2D eigenvalue weighted by Gasteiger charge is 2.12. The number of rotatable bonds is 3. The van der Waals surface area contributed by atoms with Gasteiger partial charge >= 0.3 is 5.97 Å². The summed E-state index contributed by atoms with van der Waals surface area (Å²) in [5.41, 5.74) is 7.08. The summed E-state index contributed by atoms with van der Waals surface area (Å²) in [6.07, 6.45) is 0. The van der Waals surface area contributed by atoms with Crippen LogP contribution in [0.4, 0.5) is 5.69 Å².